The van der Waals surface area contributed by atoms with Crippen LogP contribution in [-0.4, -0.2) is 24.1 Å². The molecule has 1 atom stereocenters. The largest absolute Gasteiger partial charge is 0.254 e. The Kier molecular flexibility index (Phi) is 3.51. The van der Waals surface area contributed by atoms with Crippen LogP contribution >= 0.6 is 11.8 Å². The van der Waals surface area contributed by atoms with Crippen LogP contribution in [0.25, 0.3) is 0 Å². The highest BCUT2D eigenvalue weighted by Gasteiger charge is 2.20. The van der Waals surface area contributed by atoms with Crippen molar-refractivity contribution in [2.75, 3.05) is 11.5 Å². The van der Waals surface area contributed by atoms with E-state index in [4.69, 9.17) is 0 Å². The number of hydrogen-bond acceptors (Lipinski definition) is 4. The van der Waals surface area contributed by atoms with Crippen LogP contribution in [-0.2, 0) is 20.6 Å². The average molecular weight is 274 g/mol. The van der Waals surface area contributed by atoms with Gasteiger partial charge >= 0.3 is 0 Å². The van der Waals surface area contributed by atoms with Crippen LogP contribution < -0.4 is 0 Å². The van der Waals surface area contributed by atoms with Gasteiger partial charge in [-0.3, -0.25) is 4.21 Å². The van der Waals surface area contributed by atoms with Crippen molar-refractivity contribution in [1.29, 1.82) is 0 Å². The zero-order chi connectivity index (χ0) is 11.6. The number of thioether (sulfide) groups is 1. The third-order valence-electron chi connectivity index (χ3n) is 2.06. The van der Waals surface area contributed by atoms with Crippen LogP contribution in [0, 0.1) is 0 Å². The molecule has 1 fully saturated rings. The minimum Gasteiger partial charge on any atom is -0.254 e. The van der Waals surface area contributed by atoms with Gasteiger partial charge in [0.2, 0.25) is 9.84 Å². The monoisotopic (exact) mass is 274 g/mol. The Labute approximate surface area is 101 Å². The highest BCUT2D eigenvalue weighted by Crippen LogP contribution is 2.29. The average Bonchev–Trinajstić information content (AvgIpc) is 2.65. The first-order valence-electron chi connectivity index (χ1n) is 4.62. The molecule has 0 bridgehead atoms. The van der Waals surface area contributed by atoms with Crippen LogP contribution in [0.5, 0.6) is 0 Å². The Morgan fingerprint density at radius 2 is 1.94 bits per heavy atom. The first-order chi connectivity index (χ1) is 7.59. The molecule has 86 valence electrons. The topological polar surface area (TPSA) is 51.2 Å². The maximum atomic E-state index is 11.9. The minimum absolute atomic E-state index is 0.243. The van der Waals surface area contributed by atoms with Crippen molar-refractivity contribution in [3.05, 3.63) is 40.0 Å². The lowest BCUT2D eigenvalue weighted by Crippen LogP contribution is -1.98. The summed E-state index contributed by atoms with van der Waals surface area (Å²) in [6.45, 7) is 0. The number of rotatable bonds is 2. The second-order valence-corrected chi connectivity index (χ2v) is 7.92. The van der Waals surface area contributed by atoms with E-state index in [1.54, 1.807) is 18.2 Å². The van der Waals surface area contributed by atoms with Crippen LogP contribution in [0.2, 0.25) is 0 Å². The highest BCUT2D eigenvalue weighted by molar-refractivity contribution is 8.20. The molecule has 0 aromatic heterocycles. The van der Waals surface area contributed by atoms with E-state index in [2.05, 4.69) is 0 Å². The molecule has 0 saturated carbocycles. The normalized spacial score (nSPS) is 23.8. The van der Waals surface area contributed by atoms with Gasteiger partial charge in [0, 0.05) is 11.5 Å². The molecule has 0 aliphatic carbocycles. The van der Waals surface area contributed by atoms with Gasteiger partial charge in [-0.1, -0.05) is 18.2 Å². The number of sulfone groups is 1. The van der Waals surface area contributed by atoms with Crippen LogP contribution in [0.15, 0.2) is 44.9 Å². The molecule has 3 nitrogen and oxygen atoms in total. The first kappa shape index (κ1) is 11.9. The van der Waals surface area contributed by atoms with E-state index in [0.29, 0.717) is 9.99 Å². The third-order valence-corrected chi connectivity index (χ3v) is 6.96. The maximum Gasteiger partial charge on any atom is 0.201 e. The summed E-state index contributed by atoms with van der Waals surface area (Å²) < 4.78 is 35.7. The van der Waals surface area contributed by atoms with Gasteiger partial charge in [0.15, 0.2) is 0 Å². The van der Waals surface area contributed by atoms with Gasteiger partial charge in [-0.25, -0.2) is 8.42 Å². The fraction of sp³-hybridized carbons (Fsp3) is 0.200. The molecule has 0 N–H and O–H groups in total. The van der Waals surface area contributed by atoms with E-state index in [-0.39, 0.29) is 4.90 Å². The van der Waals surface area contributed by atoms with Gasteiger partial charge in [-0.15, -0.1) is 11.8 Å². The summed E-state index contributed by atoms with van der Waals surface area (Å²) in [6, 6.07) is 8.17. The zero-order valence-electron chi connectivity index (χ0n) is 8.33. The Hall–Kier alpha value is -0.590. The lowest BCUT2D eigenvalue weighted by Gasteiger charge is -1.99. The van der Waals surface area contributed by atoms with E-state index in [1.807, 2.05) is 0 Å². The summed E-state index contributed by atoms with van der Waals surface area (Å²) >= 11 is 1.35. The minimum atomic E-state index is -3.45. The molecule has 1 aliphatic heterocycles. The molecule has 16 heavy (non-hydrogen) atoms. The van der Waals surface area contributed by atoms with Crippen molar-refractivity contribution in [1.82, 2.24) is 0 Å². The van der Waals surface area contributed by atoms with Gasteiger partial charge in [0.25, 0.3) is 0 Å². The van der Waals surface area contributed by atoms with Gasteiger partial charge in [0.1, 0.15) is 0 Å². The molecule has 1 saturated heterocycles. The quantitative estimate of drug-likeness (QED) is 0.824. The Morgan fingerprint density at radius 3 is 2.50 bits per heavy atom. The molecule has 1 aliphatic rings. The zero-order valence-corrected chi connectivity index (χ0v) is 10.8. The van der Waals surface area contributed by atoms with Crippen LogP contribution in [0.1, 0.15) is 0 Å². The van der Waals surface area contributed by atoms with Gasteiger partial charge in [0.05, 0.1) is 25.3 Å². The second kappa shape index (κ2) is 4.73. The molecule has 1 aromatic carbocycles. The second-order valence-electron chi connectivity index (χ2n) is 3.19. The molecule has 1 heterocycles. The Bertz CT molecular complexity index is 532. The summed E-state index contributed by atoms with van der Waals surface area (Å²) in [6.07, 6.45) is 0. The highest BCUT2D eigenvalue weighted by atomic mass is 32.2. The number of benzene rings is 1. The van der Waals surface area contributed by atoms with Gasteiger partial charge < -0.3 is 0 Å². The molecular weight excluding hydrogens is 264 g/mol. The number of hydrogen-bond donors (Lipinski definition) is 0. The molecule has 6 heteroatoms. The van der Waals surface area contributed by atoms with E-state index < -0.39 is 20.6 Å². The lowest BCUT2D eigenvalue weighted by molar-refractivity contribution is 0.604. The smallest absolute Gasteiger partial charge is 0.201 e. The SMILES string of the molecule is O=S1CCS/C1=C/S(=O)(=O)c1ccccc1. The summed E-state index contributed by atoms with van der Waals surface area (Å²) in [5.74, 6) is 1.27. The fourth-order valence-corrected chi connectivity index (χ4v) is 6.03. The predicted molar refractivity (Wildman–Crippen MR) is 67.2 cm³/mol. The molecule has 2 rings (SSSR count). The van der Waals surface area contributed by atoms with Crippen molar-refractivity contribution >= 4 is 32.4 Å². The molecule has 1 aromatic rings. The van der Waals surface area contributed by atoms with Crippen molar-refractivity contribution < 1.29 is 12.6 Å². The third kappa shape index (κ3) is 2.56. The van der Waals surface area contributed by atoms with Crippen LogP contribution in [0.4, 0.5) is 0 Å². The van der Waals surface area contributed by atoms with E-state index >= 15 is 0 Å². The van der Waals surface area contributed by atoms with E-state index in [9.17, 15) is 12.6 Å². The maximum absolute atomic E-state index is 11.9. The molecular formula is C10H10O3S3. The summed E-state index contributed by atoms with van der Waals surface area (Å²) in [7, 11) is -4.59. The van der Waals surface area contributed by atoms with Gasteiger partial charge in [-0.05, 0) is 12.1 Å². The standard InChI is InChI=1S/C10H10O3S3/c11-15-7-6-14-10(15)8-16(12,13)9-4-2-1-3-5-9/h1-5,8H,6-7H2/b10-8-. The summed E-state index contributed by atoms with van der Waals surface area (Å²) in [5, 5.41) is 1.14. The Balaban J connectivity index is 2.38. The van der Waals surface area contributed by atoms with Crippen molar-refractivity contribution in [3.63, 3.8) is 0 Å². The van der Waals surface area contributed by atoms with Crippen LogP contribution in [0.3, 0.4) is 0 Å². The van der Waals surface area contributed by atoms with Gasteiger partial charge in [-0.2, -0.15) is 0 Å². The molecule has 0 spiro atoms. The fourth-order valence-electron chi connectivity index (χ4n) is 1.28. The molecule has 1 unspecified atom stereocenters. The summed E-state index contributed by atoms with van der Waals surface area (Å²) in [4.78, 5) is 0.243. The first-order valence-corrected chi connectivity index (χ1v) is 8.48. The molecule has 0 radical (unpaired) electrons. The van der Waals surface area contributed by atoms with Crippen molar-refractivity contribution in [2.45, 2.75) is 4.90 Å². The van der Waals surface area contributed by atoms with Crippen molar-refractivity contribution in [2.24, 2.45) is 0 Å². The summed E-state index contributed by atoms with van der Waals surface area (Å²) in [5.41, 5.74) is 0. The predicted octanol–water partition coefficient (Wildman–Crippen LogP) is 1.75. The van der Waals surface area contributed by atoms with E-state index in [1.165, 1.54) is 23.9 Å². The van der Waals surface area contributed by atoms with Crippen molar-refractivity contribution in [3.8, 4) is 0 Å². The molecule has 0 amide bonds. The van der Waals surface area contributed by atoms with E-state index in [0.717, 1.165) is 11.2 Å². The Morgan fingerprint density at radius 1 is 1.25 bits per heavy atom. The lowest BCUT2D eigenvalue weighted by atomic mass is 10.4.